The second kappa shape index (κ2) is 4.25. The van der Waals surface area contributed by atoms with E-state index in [0.717, 1.165) is 25.9 Å². The lowest BCUT2D eigenvalue weighted by atomic mass is 9.88. The lowest BCUT2D eigenvalue weighted by Crippen LogP contribution is -2.56. The van der Waals surface area contributed by atoms with E-state index in [9.17, 15) is 9.90 Å². The van der Waals surface area contributed by atoms with Crippen molar-refractivity contribution in [1.29, 1.82) is 0 Å². The molecule has 17 heavy (non-hydrogen) atoms. The van der Waals surface area contributed by atoms with E-state index in [0.29, 0.717) is 18.9 Å². The second-order valence-electron chi connectivity index (χ2n) is 6.18. The van der Waals surface area contributed by atoms with Crippen LogP contribution in [0.25, 0.3) is 0 Å². The van der Waals surface area contributed by atoms with Gasteiger partial charge in [0, 0.05) is 24.7 Å². The van der Waals surface area contributed by atoms with Crippen molar-refractivity contribution in [1.82, 2.24) is 10.2 Å². The van der Waals surface area contributed by atoms with Gasteiger partial charge in [-0.1, -0.05) is 0 Å². The van der Waals surface area contributed by atoms with E-state index in [1.54, 1.807) is 0 Å². The van der Waals surface area contributed by atoms with E-state index in [4.69, 9.17) is 0 Å². The summed E-state index contributed by atoms with van der Waals surface area (Å²) >= 11 is 0. The highest BCUT2D eigenvalue weighted by Gasteiger charge is 2.49. The number of piperidine rings is 1. The topological polar surface area (TPSA) is 52.6 Å². The molecule has 0 aromatic rings. The summed E-state index contributed by atoms with van der Waals surface area (Å²) in [7, 11) is 0. The summed E-state index contributed by atoms with van der Waals surface area (Å²) in [4.78, 5) is 14.3. The first-order chi connectivity index (χ1) is 7.85. The highest BCUT2D eigenvalue weighted by atomic mass is 16.3. The summed E-state index contributed by atoms with van der Waals surface area (Å²) in [6, 6.07) is 0.572. The van der Waals surface area contributed by atoms with Crippen molar-refractivity contribution in [3.8, 4) is 0 Å². The zero-order valence-electron chi connectivity index (χ0n) is 11.1. The molecule has 98 valence electrons. The largest absolute Gasteiger partial charge is 0.380 e. The van der Waals surface area contributed by atoms with Crippen LogP contribution in [0.4, 0.5) is 0 Å². The highest BCUT2D eigenvalue weighted by molar-refractivity contribution is 5.88. The fourth-order valence-electron chi connectivity index (χ4n) is 2.39. The molecule has 2 rings (SSSR count). The van der Waals surface area contributed by atoms with E-state index in [-0.39, 0.29) is 11.4 Å². The number of amides is 1. The minimum Gasteiger partial charge on any atom is -0.380 e. The Balaban J connectivity index is 1.87. The Labute approximate surface area is 103 Å². The Morgan fingerprint density at radius 2 is 1.76 bits per heavy atom. The second-order valence-corrected chi connectivity index (χ2v) is 6.18. The zero-order chi connectivity index (χ0) is 12.7. The van der Waals surface area contributed by atoms with Gasteiger partial charge in [0.15, 0.2) is 0 Å². The molecule has 4 nitrogen and oxygen atoms in total. The van der Waals surface area contributed by atoms with Gasteiger partial charge in [-0.25, -0.2) is 0 Å². The maximum absolute atomic E-state index is 11.8. The van der Waals surface area contributed by atoms with E-state index < -0.39 is 5.60 Å². The molecule has 1 saturated carbocycles. The van der Waals surface area contributed by atoms with Crippen LogP contribution < -0.4 is 5.32 Å². The molecule has 0 aromatic carbocycles. The number of nitrogens with zero attached hydrogens (tertiary/aromatic N) is 1. The molecule has 0 unspecified atom stereocenters. The number of hydrogen-bond donors (Lipinski definition) is 2. The van der Waals surface area contributed by atoms with Gasteiger partial charge >= 0.3 is 0 Å². The van der Waals surface area contributed by atoms with Gasteiger partial charge in [0.2, 0.25) is 0 Å². The van der Waals surface area contributed by atoms with Crippen molar-refractivity contribution in [3.63, 3.8) is 0 Å². The first-order valence-corrected chi connectivity index (χ1v) is 6.64. The van der Waals surface area contributed by atoms with Gasteiger partial charge in [0.25, 0.3) is 5.91 Å². The van der Waals surface area contributed by atoms with Crippen LogP contribution in [0, 0.1) is 0 Å². The standard InChI is InChI=1S/C13H24N2O2/c1-10(2)15-8-6-12(3,7-9-15)14-11(16)13(17)4-5-13/h10,17H,4-9H2,1-3H3,(H,14,16). The number of rotatable bonds is 3. The van der Waals surface area contributed by atoms with Crippen molar-refractivity contribution in [3.05, 3.63) is 0 Å². The normalized spacial score (nSPS) is 26.9. The van der Waals surface area contributed by atoms with Crippen LogP contribution in [-0.4, -0.2) is 46.2 Å². The predicted molar refractivity (Wildman–Crippen MR) is 66.7 cm³/mol. The number of likely N-dealkylation sites (tertiary alicyclic amines) is 1. The number of aliphatic hydroxyl groups is 1. The molecule has 0 bridgehead atoms. The van der Waals surface area contributed by atoms with Gasteiger partial charge in [-0.15, -0.1) is 0 Å². The maximum atomic E-state index is 11.8. The van der Waals surface area contributed by atoms with E-state index in [2.05, 4.69) is 31.0 Å². The Hall–Kier alpha value is -0.610. The summed E-state index contributed by atoms with van der Waals surface area (Å²) in [6.45, 7) is 8.54. The minimum absolute atomic E-state index is 0.138. The average molecular weight is 240 g/mol. The highest BCUT2D eigenvalue weighted by Crippen LogP contribution is 2.36. The summed E-state index contributed by atoms with van der Waals surface area (Å²) in [5.74, 6) is -0.169. The molecule has 2 aliphatic rings. The van der Waals surface area contributed by atoms with Crippen LogP contribution in [0.15, 0.2) is 0 Å². The van der Waals surface area contributed by atoms with Crippen molar-refractivity contribution in [2.75, 3.05) is 13.1 Å². The van der Waals surface area contributed by atoms with Crippen molar-refractivity contribution in [2.24, 2.45) is 0 Å². The SMILES string of the molecule is CC(C)N1CCC(C)(NC(=O)C2(O)CC2)CC1. The molecule has 0 atom stereocenters. The Morgan fingerprint density at radius 3 is 2.18 bits per heavy atom. The molecule has 0 aromatic heterocycles. The Morgan fingerprint density at radius 1 is 1.24 bits per heavy atom. The number of nitrogens with one attached hydrogen (secondary N) is 1. The van der Waals surface area contributed by atoms with Crippen molar-refractivity contribution in [2.45, 2.75) is 63.6 Å². The van der Waals surface area contributed by atoms with Crippen LogP contribution in [0.2, 0.25) is 0 Å². The van der Waals surface area contributed by atoms with Crippen molar-refractivity contribution < 1.29 is 9.90 Å². The summed E-state index contributed by atoms with van der Waals surface area (Å²) in [6.07, 6.45) is 3.17. The predicted octanol–water partition coefficient (Wildman–Crippen LogP) is 0.890. The van der Waals surface area contributed by atoms with Crippen LogP contribution in [0.1, 0.15) is 46.5 Å². The van der Waals surface area contributed by atoms with Crippen LogP contribution in [-0.2, 0) is 4.79 Å². The van der Waals surface area contributed by atoms with Crippen molar-refractivity contribution >= 4 is 5.91 Å². The number of carbonyl (C=O) groups is 1. The number of hydrogen-bond acceptors (Lipinski definition) is 3. The Bertz CT molecular complexity index is 303. The summed E-state index contributed by atoms with van der Waals surface area (Å²) in [5, 5.41) is 12.8. The lowest BCUT2D eigenvalue weighted by molar-refractivity contribution is -0.133. The molecular formula is C13H24N2O2. The van der Waals surface area contributed by atoms with E-state index in [1.165, 1.54) is 0 Å². The smallest absolute Gasteiger partial charge is 0.252 e. The molecule has 1 amide bonds. The van der Waals surface area contributed by atoms with Crippen LogP contribution >= 0.6 is 0 Å². The van der Waals surface area contributed by atoms with Gasteiger partial charge in [0.1, 0.15) is 5.60 Å². The molecule has 2 N–H and O–H groups in total. The average Bonchev–Trinajstić information content (AvgIpc) is 2.98. The van der Waals surface area contributed by atoms with Gasteiger partial charge in [-0.05, 0) is 46.5 Å². The summed E-state index contributed by atoms with van der Waals surface area (Å²) < 4.78 is 0. The van der Waals surface area contributed by atoms with Gasteiger partial charge in [-0.2, -0.15) is 0 Å². The quantitative estimate of drug-likeness (QED) is 0.770. The zero-order valence-corrected chi connectivity index (χ0v) is 11.1. The molecule has 0 radical (unpaired) electrons. The maximum Gasteiger partial charge on any atom is 0.252 e. The molecule has 2 fully saturated rings. The van der Waals surface area contributed by atoms with E-state index in [1.807, 2.05) is 0 Å². The van der Waals surface area contributed by atoms with Gasteiger partial charge < -0.3 is 15.3 Å². The molecule has 0 spiro atoms. The van der Waals surface area contributed by atoms with Crippen LogP contribution in [0.5, 0.6) is 0 Å². The third kappa shape index (κ3) is 2.80. The first kappa shape index (κ1) is 12.8. The lowest BCUT2D eigenvalue weighted by Gasteiger charge is -2.42. The molecule has 1 heterocycles. The third-order valence-electron chi connectivity index (χ3n) is 4.19. The van der Waals surface area contributed by atoms with Gasteiger partial charge in [-0.3, -0.25) is 4.79 Å². The van der Waals surface area contributed by atoms with Crippen LogP contribution in [0.3, 0.4) is 0 Å². The fourth-order valence-corrected chi connectivity index (χ4v) is 2.39. The summed E-state index contributed by atoms with van der Waals surface area (Å²) in [5.41, 5.74) is -1.18. The monoisotopic (exact) mass is 240 g/mol. The molecule has 1 aliphatic carbocycles. The molecule has 1 aliphatic heterocycles. The molecule has 1 saturated heterocycles. The molecular weight excluding hydrogens is 216 g/mol. The fraction of sp³-hybridized carbons (Fsp3) is 0.923. The minimum atomic E-state index is -1.04. The van der Waals surface area contributed by atoms with E-state index >= 15 is 0 Å². The third-order valence-corrected chi connectivity index (χ3v) is 4.19. The molecule has 4 heteroatoms. The number of carbonyl (C=O) groups excluding carboxylic acids is 1. The first-order valence-electron chi connectivity index (χ1n) is 6.64. The Kier molecular flexibility index (Phi) is 3.21. The van der Waals surface area contributed by atoms with Gasteiger partial charge in [0.05, 0.1) is 0 Å².